The Morgan fingerprint density at radius 3 is 2.19 bits per heavy atom. The highest BCUT2D eigenvalue weighted by molar-refractivity contribution is 7.89. The molecule has 1 atom stereocenters. The van der Waals surface area contributed by atoms with E-state index in [0.29, 0.717) is 19.0 Å². The molecule has 6 nitrogen and oxygen atoms in total. The summed E-state index contributed by atoms with van der Waals surface area (Å²) in [6, 6.07) is 24.0. The summed E-state index contributed by atoms with van der Waals surface area (Å²) in [6.07, 6.45) is 3.07. The third kappa shape index (κ3) is 6.53. The van der Waals surface area contributed by atoms with Gasteiger partial charge in [-0.15, -0.1) is 0 Å². The van der Waals surface area contributed by atoms with E-state index in [4.69, 9.17) is 4.74 Å². The first-order valence-corrected chi connectivity index (χ1v) is 13.9. The number of methoxy groups -OCH3 is 1. The number of sulfonamides is 1. The molecule has 3 aromatic rings. The largest absolute Gasteiger partial charge is 0.495 e. The van der Waals surface area contributed by atoms with E-state index >= 15 is 0 Å². The van der Waals surface area contributed by atoms with Crippen LogP contribution in [0.1, 0.15) is 29.5 Å². The van der Waals surface area contributed by atoms with Crippen LogP contribution in [0.3, 0.4) is 0 Å². The van der Waals surface area contributed by atoms with Gasteiger partial charge in [-0.1, -0.05) is 66.7 Å². The number of ether oxygens (including phenoxy) is 1. The number of hydrogen-bond acceptors (Lipinski definition) is 4. The summed E-state index contributed by atoms with van der Waals surface area (Å²) in [6.45, 7) is 3.07. The van der Waals surface area contributed by atoms with Gasteiger partial charge in [0.2, 0.25) is 15.9 Å². The van der Waals surface area contributed by atoms with E-state index in [9.17, 15) is 13.2 Å². The van der Waals surface area contributed by atoms with E-state index in [2.05, 4.69) is 29.0 Å². The Labute approximate surface area is 214 Å². The predicted octanol–water partition coefficient (Wildman–Crippen LogP) is 4.37. The van der Waals surface area contributed by atoms with Gasteiger partial charge in [0.05, 0.1) is 7.11 Å². The van der Waals surface area contributed by atoms with Crippen LogP contribution < -0.4 is 9.46 Å². The number of hydrogen-bond donors (Lipinski definition) is 1. The first-order valence-electron chi connectivity index (χ1n) is 12.4. The van der Waals surface area contributed by atoms with Gasteiger partial charge in [-0.3, -0.25) is 4.79 Å². The second kappa shape index (κ2) is 11.7. The van der Waals surface area contributed by atoms with Gasteiger partial charge in [-0.05, 0) is 67.3 Å². The molecule has 190 valence electrons. The molecule has 3 aromatic carbocycles. The standard InChI is InChI=1S/C29H34N2O4S/c1-22-13-14-27(35-2)28(19-22)36(33,34)30-26(21-24-11-7-4-8-12-24)29(32)31-17-15-25(16-18-31)20-23-9-5-3-6-10-23/h3-14,19,25-26,30H,15-18,20-21H2,1-2H3/t26-/m1/s1. The number of carbonyl (C=O) groups is 1. The molecule has 0 bridgehead atoms. The van der Waals surface area contributed by atoms with Crippen LogP contribution in [0.2, 0.25) is 0 Å². The minimum absolute atomic E-state index is 0.0393. The van der Waals surface area contributed by atoms with Crippen LogP contribution in [-0.2, 0) is 27.7 Å². The zero-order valence-electron chi connectivity index (χ0n) is 20.9. The SMILES string of the molecule is COc1ccc(C)cc1S(=O)(=O)N[C@H](Cc1ccccc1)C(=O)N1CCC(Cc2ccccc2)CC1. The van der Waals surface area contributed by atoms with Crippen LogP contribution in [-0.4, -0.2) is 45.5 Å². The van der Waals surface area contributed by atoms with Crippen molar-refractivity contribution in [2.45, 2.75) is 43.5 Å². The Kier molecular flexibility index (Phi) is 8.44. The van der Waals surface area contributed by atoms with Crippen LogP contribution >= 0.6 is 0 Å². The van der Waals surface area contributed by atoms with Crippen LogP contribution in [0.15, 0.2) is 83.8 Å². The van der Waals surface area contributed by atoms with Gasteiger partial charge in [-0.25, -0.2) is 8.42 Å². The molecule has 1 N–H and O–H groups in total. The zero-order chi connectivity index (χ0) is 25.5. The molecule has 7 heteroatoms. The fourth-order valence-corrected chi connectivity index (χ4v) is 6.24. The average molecular weight is 507 g/mol. The Morgan fingerprint density at radius 2 is 1.58 bits per heavy atom. The van der Waals surface area contributed by atoms with Gasteiger partial charge < -0.3 is 9.64 Å². The molecular weight excluding hydrogens is 472 g/mol. The number of likely N-dealkylation sites (tertiary alicyclic amines) is 1. The topological polar surface area (TPSA) is 75.7 Å². The maximum Gasteiger partial charge on any atom is 0.244 e. The van der Waals surface area contributed by atoms with Crippen molar-refractivity contribution in [1.29, 1.82) is 0 Å². The van der Waals surface area contributed by atoms with E-state index in [1.165, 1.54) is 12.7 Å². The first-order chi connectivity index (χ1) is 17.4. The lowest BCUT2D eigenvalue weighted by Crippen LogP contribution is -2.51. The van der Waals surface area contributed by atoms with Crippen molar-refractivity contribution in [3.8, 4) is 5.75 Å². The predicted molar refractivity (Wildman–Crippen MR) is 141 cm³/mol. The lowest BCUT2D eigenvalue weighted by Gasteiger charge is -2.34. The third-order valence-electron chi connectivity index (χ3n) is 6.78. The summed E-state index contributed by atoms with van der Waals surface area (Å²) >= 11 is 0. The van der Waals surface area contributed by atoms with Crippen molar-refractivity contribution in [1.82, 2.24) is 9.62 Å². The lowest BCUT2D eigenvalue weighted by molar-refractivity contribution is -0.134. The smallest absolute Gasteiger partial charge is 0.244 e. The summed E-state index contributed by atoms with van der Waals surface area (Å²) in [7, 11) is -2.56. The highest BCUT2D eigenvalue weighted by Crippen LogP contribution is 2.26. The van der Waals surface area contributed by atoms with Gasteiger partial charge in [0.15, 0.2) is 0 Å². The van der Waals surface area contributed by atoms with Crippen LogP contribution in [0, 0.1) is 12.8 Å². The Hall–Kier alpha value is -3.16. The lowest BCUT2D eigenvalue weighted by atomic mass is 9.90. The quantitative estimate of drug-likeness (QED) is 0.468. The molecule has 0 saturated carbocycles. The van der Waals surface area contributed by atoms with Crippen molar-refractivity contribution < 1.29 is 17.9 Å². The fourth-order valence-electron chi connectivity index (χ4n) is 4.80. The molecule has 4 rings (SSSR count). The number of nitrogens with zero attached hydrogens (tertiary/aromatic N) is 1. The summed E-state index contributed by atoms with van der Waals surface area (Å²) in [5.41, 5.74) is 3.00. The van der Waals surface area contributed by atoms with E-state index in [0.717, 1.165) is 30.4 Å². The van der Waals surface area contributed by atoms with E-state index in [1.54, 1.807) is 18.2 Å². The number of benzene rings is 3. The fraction of sp³-hybridized carbons (Fsp3) is 0.345. The van der Waals surface area contributed by atoms with Gasteiger partial charge in [0, 0.05) is 13.1 Å². The molecule has 1 amide bonds. The number of aryl methyl sites for hydroxylation is 1. The Morgan fingerprint density at radius 1 is 0.972 bits per heavy atom. The zero-order valence-corrected chi connectivity index (χ0v) is 21.7. The van der Waals surface area contributed by atoms with Crippen LogP contribution in [0.25, 0.3) is 0 Å². The number of nitrogens with one attached hydrogen (secondary N) is 1. The summed E-state index contributed by atoms with van der Waals surface area (Å²) < 4.78 is 34.9. The van der Waals surface area contributed by atoms with Gasteiger partial charge in [0.1, 0.15) is 16.7 Å². The molecule has 0 aromatic heterocycles. The highest BCUT2D eigenvalue weighted by atomic mass is 32.2. The minimum atomic E-state index is -4.00. The Balaban J connectivity index is 1.51. The number of rotatable bonds is 9. The van der Waals surface area contributed by atoms with Crippen molar-refractivity contribution >= 4 is 15.9 Å². The number of piperidine rings is 1. The van der Waals surface area contributed by atoms with Gasteiger partial charge in [0.25, 0.3) is 0 Å². The summed E-state index contributed by atoms with van der Waals surface area (Å²) in [5, 5.41) is 0. The molecule has 0 radical (unpaired) electrons. The maximum absolute atomic E-state index is 13.7. The Bertz CT molecular complexity index is 1250. The molecule has 0 aliphatic carbocycles. The molecule has 1 fully saturated rings. The summed E-state index contributed by atoms with van der Waals surface area (Å²) in [4.78, 5) is 15.5. The average Bonchev–Trinajstić information content (AvgIpc) is 2.89. The number of carbonyl (C=O) groups excluding carboxylic acids is 1. The van der Waals surface area contributed by atoms with Gasteiger partial charge >= 0.3 is 0 Å². The molecular formula is C29H34N2O4S. The molecule has 1 saturated heterocycles. The van der Waals surface area contributed by atoms with E-state index in [1.807, 2.05) is 48.2 Å². The van der Waals surface area contributed by atoms with Crippen molar-refractivity contribution in [3.05, 3.63) is 95.6 Å². The first kappa shape index (κ1) is 25.9. The van der Waals surface area contributed by atoms with E-state index in [-0.39, 0.29) is 23.0 Å². The van der Waals surface area contributed by atoms with Crippen molar-refractivity contribution in [2.24, 2.45) is 5.92 Å². The van der Waals surface area contributed by atoms with E-state index < -0.39 is 16.1 Å². The molecule has 1 aliphatic rings. The summed E-state index contributed by atoms with van der Waals surface area (Å²) in [5.74, 6) is 0.574. The molecule has 1 heterocycles. The van der Waals surface area contributed by atoms with Crippen LogP contribution in [0.4, 0.5) is 0 Å². The monoisotopic (exact) mass is 506 g/mol. The highest BCUT2D eigenvalue weighted by Gasteiger charge is 2.33. The molecule has 1 aliphatic heterocycles. The molecule has 0 unspecified atom stereocenters. The van der Waals surface area contributed by atoms with Crippen molar-refractivity contribution in [3.63, 3.8) is 0 Å². The second-order valence-electron chi connectivity index (χ2n) is 9.48. The van der Waals surface area contributed by atoms with Crippen LogP contribution in [0.5, 0.6) is 5.75 Å². The third-order valence-corrected chi connectivity index (χ3v) is 8.27. The number of amides is 1. The minimum Gasteiger partial charge on any atom is -0.495 e. The normalized spacial score (nSPS) is 15.4. The molecule has 36 heavy (non-hydrogen) atoms. The second-order valence-corrected chi connectivity index (χ2v) is 11.2. The van der Waals surface area contributed by atoms with Crippen molar-refractivity contribution in [2.75, 3.05) is 20.2 Å². The molecule has 0 spiro atoms. The van der Waals surface area contributed by atoms with Gasteiger partial charge in [-0.2, -0.15) is 4.72 Å². The maximum atomic E-state index is 13.7.